The quantitative estimate of drug-likeness (QED) is 0.384. The van der Waals surface area contributed by atoms with Crippen LogP contribution >= 0.6 is 0 Å². The lowest BCUT2D eigenvalue weighted by Crippen LogP contribution is -2.48. The number of carbonyl (C=O) groups is 1. The maximum Gasteiger partial charge on any atom is 0.283 e. The van der Waals surface area contributed by atoms with Gasteiger partial charge in [-0.3, -0.25) is 19.7 Å². The van der Waals surface area contributed by atoms with Crippen LogP contribution in [0.5, 0.6) is 0 Å². The highest BCUT2D eigenvalue weighted by atomic mass is 32.2. The van der Waals surface area contributed by atoms with Gasteiger partial charge in [0.2, 0.25) is 0 Å². The Morgan fingerprint density at radius 3 is 2.88 bits per heavy atom. The van der Waals surface area contributed by atoms with Gasteiger partial charge in [0, 0.05) is 12.5 Å². The summed E-state index contributed by atoms with van der Waals surface area (Å²) >= 11 is 0. The van der Waals surface area contributed by atoms with Crippen molar-refractivity contribution in [2.45, 2.75) is 25.3 Å². The van der Waals surface area contributed by atoms with Crippen LogP contribution in [0.3, 0.4) is 0 Å². The average Bonchev–Trinajstić information content (AvgIpc) is 2.72. The molecule has 0 bridgehead atoms. The first-order chi connectivity index (χ1) is 11.3. The van der Waals surface area contributed by atoms with E-state index in [1.165, 1.54) is 5.57 Å². The third-order valence-electron chi connectivity index (χ3n) is 4.55. The Labute approximate surface area is 140 Å². The van der Waals surface area contributed by atoms with E-state index < -0.39 is 27.9 Å². The van der Waals surface area contributed by atoms with Crippen LogP contribution in [0.4, 0.5) is 0 Å². The van der Waals surface area contributed by atoms with Gasteiger partial charge in [-0.1, -0.05) is 18.2 Å². The van der Waals surface area contributed by atoms with Crippen LogP contribution < -0.4 is 5.73 Å². The van der Waals surface area contributed by atoms with E-state index in [4.69, 9.17) is 15.7 Å². The summed E-state index contributed by atoms with van der Waals surface area (Å²) in [5.41, 5.74) is 6.95. The topological polar surface area (TPSA) is 128 Å². The smallest absolute Gasteiger partial charge is 0.283 e. The minimum Gasteiger partial charge on any atom is -0.370 e. The molecule has 2 aliphatic heterocycles. The average molecular weight is 352 g/mol. The second kappa shape index (κ2) is 6.06. The lowest BCUT2D eigenvalue weighted by Gasteiger charge is -2.33. The summed E-state index contributed by atoms with van der Waals surface area (Å²) in [5, 5.41) is 7.48. The van der Waals surface area contributed by atoms with E-state index in [-0.39, 0.29) is 12.0 Å². The molecule has 24 heavy (non-hydrogen) atoms. The predicted molar refractivity (Wildman–Crippen MR) is 88.3 cm³/mol. The molecular weight excluding hydrogens is 332 g/mol. The summed E-state index contributed by atoms with van der Waals surface area (Å²) in [5.74, 6) is -2.37. The second-order valence-corrected chi connectivity index (χ2v) is 7.60. The summed E-state index contributed by atoms with van der Waals surface area (Å²) < 4.78 is 31.3. The summed E-state index contributed by atoms with van der Waals surface area (Å²) in [6.07, 6.45) is 10.8. The zero-order valence-electron chi connectivity index (χ0n) is 13.1. The fourth-order valence-electron chi connectivity index (χ4n) is 3.58. The van der Waals surface area contributed by atoms with Crippen molar-refractivity contribution in [3.05, 3.63) is 35.6 Å². The molecular formula is C15H20N4O4S. The summed E-state index contributed by atoms with van der Waals surface area (Å²) in [6.45, 7) is 0.682. The fourth-order valence-corrected chi connectivity index (χ4v) is 4.16. The maximum atomic E-state index is 12.8. The Hall–Kier alpha value is -2.13. The molecule has 0 aromatic carbocycles. The molecule has 0 saturated carbocycles. The van der Waals surface area contributed by atoms with Crippen LogP contribution in [0, 0.1) is 11.3 Å². The molecule has 0 spiro atoms. The number of rotatable bonds is 3. The third-order valence-corrected chi connectivity index (χ3v) is 5.13. The van der Waals surface area contributed by atoms with Gasteiger partial charge in [0.05, 0.1) is 6.04 Å². The first kappa shape index (κ1) is 16.7. The number of nitrogens with two attached hydrogens (primary N) is 1. The first-order valence-corrected chi connectivity index (χ1v) is 9.35. The van der Waals surface area contributed by atoms with Crippen LogP contribution in [0.2, 0.25) is 0 Å². The number of guanidine groups is 1. The number of hydrogen-bond acceptors (Lipinski definition) is 5. The Kier molecular flexibility index (Phi) is 4.22. The fraction of sp³-hybridized carbons (Fsp3) is 0.467. The van der Waals surface area contributed by atoms with Crippen molar-refractivity contribution < 1.29 is 17.8 Å². The molecule has 130 valence electrons. The predicted octanol–water partition coefficient (Wildman–Crippen LogP) is 0.418. The molecule has 0 aromatic rings. The van der Waals surface area contributed by atoms with Gasteiger partial charge in [-0.25, -0.2) is 0 Å². The van der Waals surface area contributed by atoms with Crippen molar-refractivity contribution in [2.24, 2.45) is 11.7 Å². The van der Waals surface area contributed by atoms with Gasteiger partial charge in [0.25, 0.3) is 16.0 Å². The number of amides is 1. The van der Waals surface area contributed by atoms with Crippen LogP contribution in [0.1, 0.15) is 19.3 Å². The third kappa shape index (κ3) is 3.09. The number of nitrogens with one attached hydrogen (secondary N) is 1. The van der Waals surface area contributed by atoms with Crippen LogP contribution in [-0.4, -0.2) is 53.1 Å². The molecule has 0 radical (unpaired) electrons. The molecule has 4 N–H and O–H groups in total. The van der Waals surface area contributed by atoms with Crippen molar-refractivity contribution in [3.8, 4) is 0 Å². The largest absolute Gasteiger partial charge is 0.370 e. The molecule has 2 atom stereocenters. The van der Waals surface area contributed by atoms with Crippen molar-refractivity contribution in [2.75, 3.05) is 12.4 Å². The van der Waals surface area contributed by atoms with E-state index in [9.17, 15) is 13.2 Å². The molecule has 9 heteroatoms. The molecule has 1 amide bonds. The van der Waals surface area contributed by atoms with Gasteiger partial charge >= 0.3 is 0 Å². The van der Waals surface area contributed by atoms with E-state index in [1.807, 2.05) is 17.1 Å². The van der Waals surface area contributed by atoms with Crippen LogP contribution in [0.15, 0.2) is 35.6 Å². The van der Waals surface area contributed by atoms with Gasteiger partial charge in [-0.05, 0) is 30.9 Å². The maximum absolute atomic E-state index is 12.8. The molecule has 8 nitrogen and oxygen atoms in total. The van der Waals surface area contributed by atoms with E-state index >= 15 is 0 Å². The second-order valence-electron chi connectivity index (χ2n) is 6.18. The lowest BCUT2D eigenvalue weighted by atomic mass is 9.88. The number of carbonyl (C=O) groups excluding carboxylic acids is 1. The van der Waals surface area contributed by atoms with Crippen LogP contribution in [-0.2, 0) is 14.9 Å². The van der Waals surface area contributed by atoms with Crippen molar-refractivity contribution in [1.29, 1.82) is 5.41 Å². The minimum atomic E-state index is -4.48. The Morgan fingerprint density at radius 2 is 2.21 bits per heavy atom. The normalized spacial score (nSPS) is 25.5. The van der Waals surface area contributed by atoms with Crippen molar-refractivity contribution in [3.63, 3.8) is 0 Å². The summed E-state index contributed by atoms with van der Waals surface area (Å²) in [7, 11) is -4.48. The number of nitrogens with zero attached hydrogens (tertiary/aromatic N) is 2. The van der Waals surface area contributed by atoms with Gasteiger partial charge in [0.15, 0.2) is 11.8 Å². The summed E-state index contributed by atoms with van der Waals surface area (Å²) in [6, 6.07) is 0.0657. The number of allylic oxidation sites excluding steroid dienone is 2. The van der Waals surface area contributed by atoms with Gasteiger partial charge < -0.3 is 10.6 Å². The van der Waals surface area contributed by atoms with Crippen LogP contribution in [0.25, 0.3) is 0 Å². The molecule has 3 rings (SSSR count). The molecule has 2 unspecified atom stereocenters. The van der Waals surface area contributed by atoms with E-state index in [0.29, 0.717) is 17.1 Å². The Bertz CT molecular complexity index is 768. The van der Waals surface area contributed by atoms with E-state index in [0.717, 1.165) is 19.3 Å². The molecule has 1 aliphatic carbocycles. The molecule has 2 heterocycles. The van der Waals surface area contributed by atoms with Gasteiger partial charge in [-0.15, -0.1) is 0 Å². The zero-order chi connectivity index (χ0) is 17.5. The van der Waals surface area contributed by atoms with Crippen molar-refractivity contribution >= 4 is 22.0 Å². The molecule has 1 fully saturated rings. The zero-order valence-corrected chi connectivity index (χ0v) is 13.9. The highest BCUT2D eigenvalue weighted by Crippen LogP contribution is 2.39. The minimum absolute atomic E-state index is 0.0431. The highest BCUT2D eigenvalue weighted by molar-refractivity contribution is 7.85. The van der Waals surface area contributed by atoms with E-state index in [1.54, 1.807) is 6.08 Å². The SMILES string of the molecule is N=C(N)N(CS(=O)(=O)O)C(=O)C1=CC2C=CC=C3CCCCN1C32. The lowest BCUT2D eigenvalue weighted by molar-refractivity contribution is -0.124. The molecule has 1 saturated heterocycles. The van der Waals surface area contributed by atoms with Crippen molar-refractivity contribution in [1.82, 2.24) is 9.80 Å². The highest BCUT2D eigenvalue weighted by Gasteiger charge is 2.41. The monoisotopic (exact) mass is 352 g/mol. The van der Waals surface area contributed by atoms with E-state index in [2.05, 4.69) is 6.08 Å². The summed E-state index contributed by atoms with van der Waals surface area (Å²) in [4.78, 5) is 15.3. The first-order valence-electron chi connectivity index (χ1n) is 7.75. The molecule has 0 aromatic heterocycles. The van der Waals surface area contributed by atoms with Gasteiger partial charge in [-0.2, -0.15) is 8.42 Å². The Morgan fingerprint density at radius 1 is 1.46 bits per heavy atom. The Balaban J connectivity index is 1.93. The standard InChI is InChI=1S/C15H20N4O4S/c16-15(17)19(9-24(21,22)23)14(20)12-8-11-6-3-5-10-4-1-2-7-18(12)13(10)11/h3,5-6,8,11,13H,1-2,4,7,9H2,(H3,16,17)(H,21,22,23). The number of hydrogen-bond donors (Lipinski definition) is 3. The molecule has 3 aliphatic rings. The van der Waals surface area contributed by atoms with Gasteiger partial charge in [0.1, 0.15) is 5.70 Å².